The predicted octanol–water partition coefficient (Wildman–Crippen LogP) is 3.26. The Morgan fingerprint density at radius 3 is 2.23 bits per heavy atom. The molecular formula is C31H37N5O6S. The molecule has 0 saturated carbocycles. The Bertz CT molecular complexity index is 1530. The molecule has 0 bridgehead atoms. The van der Waals surface area contributed by atoms with Gasteiger partial charge < -0.3 is 20.1 Å². The van der Waals surface area contributed by atoms with E-state index in [1.807, 2.05) is 66.7 Å². The van der Waals surface area contributed by atoms with E-state index in [-0.39, 0.29) is 24.9 Å². The molecule has 3 aromatic rings. The van der Waals surface area contributed by atoms with Crippen LogP contribution in [0.25, 0.3) is 12.2 Å². The molecule has 4 rings (SSSR count). The Morgan fingerprint density at radius 1 is 0.977 bits per heavy atom. The average molecular weight is 608 g/mol. The van der Waals surface area contributed by atoms with Crippen LogP contribution in [0, 0.1) is 5.92 Å². The van der Waals surface area contributed by atoms with Gasteiger partial charge in [-0.25, -0.2) is 0 Å². The summed E-state index contributed by atoms with van der Waals surface area (Å²) >= 11 is 0. The number of carboxylic acids is 1. The maximum atomic E-state index is 12.7. The second-order valence-electron chi connectivity index (χ2n) is 10.5. The third-order valence-electron chi connectivity index (χ3n) is 7.14. The maximum absolute atomic E-state index is 12.7. The fourth-order valence-corrected chi connectivity index (χ4v) is 6.06. The van der Waals surface area contributed by atoms with Crippen molar-refractivity contribution in [1.29, 1.82) is 0 Å². The smallest absolute Gasteiger partial charge is 0.322 e. The van der Waals surface area contributed by atoms with Crippen LogP contribution in [0.2, 0.25) is 0 Å². The van der Waals surface area contributed by atoms with Crippen LogP contribution in [0.3, 0.4) is 0 Å². The lowest BCUT2D eigenvalue weighted by molar-refractivity contribution is -0.140. The second kappa shape index (κ2) is 14.3. The van der Waals surface area contributed by atoms with E-state index in [0.717, 1.165) is 28.1 Å². The van der Waals surface area contributed by atoms with Crippen molar-refractivity contribution in [3.8, 4) is 5.75 Å². The molecule has 2 aromatic carbocycles. The summed E-state index contributed by atoms with van der Waals surface area (Å²) in [5.41, 5.74) is 4.04. The standard InChI is InChI=1S/C31H37N5O6S/c1-22(2)29(31(38)39)34-43(40,41)36-18-16-35(17-19-36)26-10-6-23(7-11-26)4-5-24-14-15-32-28(20-24)30(37)33-21-25-8-12-27(42-3)13-9-25/h4-15,20,22,29,34H,16-19,21H2,1-3H3,(H,33,37)(H,38,39)/b5-4+/t29-/m1/s1. The Morgan fingerprint density at radius 2 is 1.63 bits per heavy atom. The van der Waals surface area contributed by atoms with Crippen LogP contribution >= 0.6 is 0 Å². The Labute approximate surface area is 252 Å². The SMILES string of the molecule is COc1ccc(CNC(=O)c2cc(/C=C/c3ccc(N4CCN(S(=O)(=O)N[C@@H](C(=O)O)C(C)C)CC4)cc3)ccn2)cc1. The van der Waals surface area contributed by atoms with Crippen molar-refractivity contribution in [3.63, 3.8) is 0 Å². The van der Waals surface area contributed by atoms with Crippen molar-refractivity contribution >= 4 is 39.9 Å². The first-order valence-electron chi connectivity index (χ1n) is 14.0. The van der Waals surface area contributed by atoms with Crippen molar-refractivity contribution in [2.24, 2.45) is 5.92 Å². The number of nitrogens with one attached hydrogen (secondary N) is 2. The van der Waals surface area contributed by atoms with Crippen molar-refractivity contribution in [1.82, 2.24) is 19.3 Å². The lowest BCUT2D eigenvalue weighted by Crippen LogP contribution is -2.55. The van der Waals surface area contributed by atoms with Gasteiger partial charge in [0, 0.05) is 44.6 Å². The molecule has 1 aromatic heterocycles. The van der Waals surface area contributed by atoms with E-state index in [0.29, 0.717) is 25.3 Å². The number of aliphatic carboxylic acids is 1. The zero-order valence-corrected chi connectivity index (χ0v) is 25.3. The number of ether oxygens (including phenoxy) is 1. The number of piperazine rings is 1. The van der Waals surface area contributed by atoms with Crippen molar-refractivity contribution < 1.29 is 27.9 Å². The van der Waals surface area contributed by atoms with E-state index in [9.17, 15) is 23.1 Å². The molecule has 2 heterocycles. The average Bonchev–Trinajstić information content (AvgIpc) is 3.02. The largest absolute Gasteiger partial charge is 0.497 e. The number of hydrogen-bond donors (Lipinski definition) is 3. The summed E-state index contributed by atoms with van der Waals surface area (Å²) in [6.07, 6.45) is 5.46. The minimum Gasteiger partial charge on any atom is -0.497 e. The summed E-state index contributed by atoms with van der Waals surface area (Å²) in [7, 11) is -2.31. The first-order chi connectivity index (χ1) is 20.6. The highest BCUT2D eigenvalue weighted by Crippen LogP contribution is 2.20. The van der Waals surface area contributed by atoms with Crippen molar-refractivity contribution in [2.75, 3.05) is 38.2 Å². The highest BCUT2D eigenvalue weighted by Gasteiger charge is 2.32. The predicted molar refractivity (Wildman–Crippen MR) is 166 cm³/mol. The van der Waals surface area contributed by atoms with Crippen LogP contribution in [0.5, 0.6) is 5.75 Å². The molecular weight excluding hydrogens is 570 g/mol. The van der Waals surface area contributed by atoms with Crippen LogP contribution in [0.15, 0.2) is 66.9 Å². The summed E-state index contributed by atoms with van der Waals surface area (Å²) in [6.45, 7) is 5.17. The number of methoxy groups -OCH3 is 1. The van der Waals surface area contributed by atoms with Crippen LogP contribution in [0.1, 0.15) is 41.0 Å². The molecule has 228 valence electrons. The second-order valence-corrected chi connectivity index (χ2v) is 12.2. The fourth-order valence-electron chi connectivity index (χ4n) is 4.57. The van der Waals surface area contributed by atoms with Crippen LogP contribution in [-0.2, 0) is 21.5 Å². The molecule has 1 aliphatic heterocycles. The molecule has 1 aliphatic rings. The molecule has 0 radical (unpaired) electrons. The van der Waals surface area contributed by atoms with Gasteiger partial charge in [-0.05, 0) is 59.0 Å². The van der Waals surface area contributed by atoms with E-state index < -0.39 is 22.2 Å². The van der Waals surface area contributed by atoms with E-state index in [1.54, 1.807) is 33.2 Å². The summed E-state index contributed by atoms with van der Waals surface area (Å²) in [6, 6.07) is 17.8. The minimum atomic E-state index is -3.91. The van der Waals surface area contributed by atoms with Crippen LogP contribution in [0.4, 0.5) is 5.69 Å². The quantitative estimate of drug-likeness (QED) is 0.285. The van der Waals surface area contributed by atoms with Gasteiger partial charge in [0.05, 0.1) is 7.11 Å². The lowest BCUT2D eigenvalue weighted by atomic mass is 10.1. The number of anilines is 1. The molecule has 1 saturated heterocycles. The highest BCUT2D eigenvalue weighted by atomic mass is 32.2. The fraction of sp³-hybridized carbons (Fsp3) is 0.323. The molecule has 1 atom stereocenters. The van der Waals surface area contributed by atoms with Crippen molar-refractivity contribution in [3.05, 3.63) is 89.2 Å². The number of amides is 1. The molecule has 3 N–H and O–H groups in total. The lowest BCUT2D eigenvalue weighted by Gasteiger charge is -2.36. The number of aromatic nitrogens is 1. The first kappa shape index (κ1) is 31.7. The molecule has 0 spiro atoms. The number of carbonyl (C=O) groups is 2. The van der Waals surface area contributed by atoms with Gasteiger partial charge in [-0.3, -0.25) is 14.6 Å². The third-order valence-corrected chi connectivity index (χ3v) is 8.74. The number of benzene rings is 2. The zero-order valence-electron chi connectivity index (χ0n) is 24.4. The van der Waals surface area contributed by atoms with Gasteiger partial charge in [0.15, 0.2) is 0 Å². The summed E-state index contributed by atoms with van der Waals surface area (Å²) < 4.78 is 34.3. The molecule has 0 aliphatic carbocycles. The summed E-state index contributed by atoms with van der Waals surface area (Å²) in [5.74, 6) is -1.08. The molecule has 43 heavy (non-hydrogen) atoms. The number of rotatable bonds is 12. The van der Waals surface area contributed by atoms with Gasteiger partial charge >= 0.3 is 5.97 Å². The van der Waals surface area contributed by atoms with E-state index >= 15 is 0 Å². The van der Waals surface area contributed by atoms with Crippen LogP contribution in [-0.4, -0.2) is 74.0 Å². The summed E-state index contributed by atoms with van der Waals surface area (Å²) in [4.78, 5) is 30.4. The van der Waals surface area contributed by atoms with E-state index in [4.69, 9.17) is 4.74 Å². The van der Waals surface area contributed by atoms with Gasteiger partial charge in [0.2, 0.25) is 0 Å². The molecule has 0 unspecified atom stereocenters. The Hall–Kier alpha value is -4.26. The molecule has 1 amide bonds. The van der Waals surface area contributed by atoms with Crippen LogP contribution < -0.4 is 19.7 Å². The van der Waals surface area contributed by atoms with Gasteiger partial charge in [0.25, 0.3) is 16.1 Å². The number of carbonyl (C=O) groups excluding carboxylic acids is 1. The number of carboxylic acid groups (broad SMARTS) is 1. The normalized spacial score (nSPS) is 15.0. The van der Waals surface area contributed by atoms with Crippen molar-refractivity contribution in [2.45, 2.75) is 26.4 Å². The monoisotopic (exact) mass is 607 g/mol. The maximum Gasteiger partial charge on any atom is 0.322 e. The van der Waals surface area contributed by atoms with Gasteiger partial charge in [-0.2, -0.15) is 17.4 Å². The van der Waals surface area contributed by atoms with E-state index in [1.165, 1.54) is 4.31 Å². The van der Waals surface area contributed by atoms with E-state index in [2.05, 4.69) is 19.9 Å². The zero-order chi connectivity index (χ0) is 31.0. The highest BCUT2D eigenvalue weighted by molar-refractivity contribution is 7.87. The Balaban J connectivity index is 1.30. The van der Waals surface area contributed by atoms with Gasteiger partial charge in [0.1, 0.15) is 17.5 Å². The topological polar surface area (TPSA) is 141 Å². The number of pyridine rings is 1. The molecule has 1 fully saturated rings. The molecule has 11 nitrogen and oxygen atoms in total. The van der Waals surface area contributed by atoms with Gasteiger partial charge in [-0.15, -0.1) is 0 Å². The number of hydrogen-bond acceptors (Lipinski definition) is 7. The first-order valence-corrected chi connectivity index (χ1v) is 15.4. The molecule has 12 heteroatoms. The minimum absolute atomic E-state index is 0.249. The Kier molecular flexibility index (Phi) is 10.5. The summed E-state index contributed by atoms with van der Waals surface area (Å²) in [5, 5.41) is 12.2. The number of nitrogens with zero attached hydrogens (tertiary/aromatic N) is 3. The van der Waals surface area contributed by atoms with Gasteiger partial charge in [-0.1, -0.05) is 50.3 Å². The third kappa shape index (κ3) is 8.63.